The Labute approximate surface area is 169 Å². The zero-order valence-corrected chi connectivity index (χ0v) is 17.2. The summed E-state index contributed by atoms with van der Waals surface area (Å²) in [6.45, 7) is 3.55. The van der Waals surface area contributed by atoms with Gasteiger partial charge in [-0.3, -0.25) is 14.4 Å². The first-order valence-corrected chi connectivity index (χ1v) is 11.0. The number of aryl methyl sites for hydroxylation is 1. The lowest BCUT2D eigenvalue weighted by Gasteiger charge is -2.31. The Bertz CT molecular complexity index is 691. The van der Waals surface area contributed by atoms with Crippen molar-refractivity contribution in [2.45, 2.75) is 64.3 Å². The van der Waals surface area contributed by atoms with E-state index in [4.69, 9.17) is 0 Å². The molecule has 1 aromatic heterocycles. The molecule has 2 heterocycles. The standard InChI is InChI=1S/C19H29N5O3S/c1-13-16(28-23-22-13)19(27)24-10-8-14(9-11-24)12-20-17(25)18(26)21-15-6-4-2-3-5-7-15/h14-15H,2-12H2,1H3,(H,20,25)(H,21,26). The van der Waals surface area contributed by atoms with Crippen LogP contribution in [0, 0.1) is 12.8 Å². The summed E-state index contributed by atoms with van der Waals surface area (Å²) in [7, 11) is 0. The number of piperidine rings is 1. The van der Waals surface area contributed by atoms with Crippen LogP contribution in [-0.4, -0.2) is 57.9 Å². The summed E-state index contributed by atoms with van der Waals surface area (Å²) in [5, 5.41) is 9.54. The molecule has 1 saturated heterocycles. The van der Waals surface area contributed by atoms with E-state index < -0.39 is 11.8 Å². The highest BCUT2D eigenvalue weighted by molar-refractivity contribution is 7.07. The number of rotatable bonds is 4. The van der Waals surface area contributed by atoms with Crippen molar-refractivity contribution in [3.63, 3.8) is 0 Å². The van der Waals surface area contributed by atoms with Crippen molar-refractivity contribution in [3.8, 4) is 0 Å². The topological polar surface area (TPSA) is 104 Å². The molecule has 1 aliphatic heterocycles. The highest BCUT2D eigenvalue weighted by Crippen LogP contribution is 2.21. The zero-order chi connectivity index (χ0) is 19.9. The lowest BCUT2D eigenvalue weighted by Crippen LogP contribution is -2.47. The third-order valence-corrected chi connectivity index (χ3v) is 6.51. The summed E-state index contributed by atoms with van der Waals surface area (Å²) in [5.74, 6) is -0.807. The van der Waals surface area contributed by atoms with Gasteiger partial charge < -0.3 is 15.5 Å². The number of aromatic nitrogens is 2. The van der Waals surface area contributed by atoms with Crippen LogP contribution >= 0.6 is 11.5 Å². The molecule has 3 rings (SSSR count). The molecule has 1 aromatic rings. The van der Waals surface area contributed by atoms with E-state index in [0.29, 0.717) is 30.2 Å². The summed E-state index contributed by atoms with van der Waals surface area (Å²) < 4.78 is 3.82. The lowest BCUT2D eigenvalue weighted by atomic mass is 9.96. The normalized spacial score (nSPS) is 19.1. The number of hydrogen-bond donors (Lipinski definition) is 2. The number of carbonyl (C=O) groups is 3. The van der Waals surface area contributed by atoms with E-state index in [0.717, 1.165) is 50.1 Å². The minimum Gasteiger partial charge on any atom is -0.348 e. The van der Waals surface area contributed by atoms with Crippen LogP contribution in [0.25, 0.3) is 0 Å². The lowest BCUT2D eigenvalue weighted by molar-refractivity contribution is -0.139. The number of carbonyl (C=O) groups excluding carboxylic acids is 3. The Morgan fingerprint density at radius 3 is 2.32 bits per heavy atom. The van der Waals surface area contributed by atoms with E-state index in [9.17, 15) is 14.4 Å². The molecule has 1 aliphatic carbocycles. The maximum absolute atomic E-state index is 12.5. The second-order valence-corrected chi connectivity index (χ2v) is 8.55. The fourth-order valence-electron chi connectivity index (χ4n) is 3.90. The first kappa shape index (κ1) is 20.7. The van der Waals surface area contributed by atoms with Crippen molar-refractivity contribution in [1.82, 2.24) is 25.1 Å². The van der Waals surface area contributed by atoms with Gasteiger partial charge in [0.05, 0.1) is 5.69 Å². The van der Waals surface area contributed by atoms with Gasteiger partial charge in [0, 0.05) is 25.7 Å². The van der Waals surface area contributed by atoms with Gasteiger partial charge >= 0.3 is 11.8 Å². The van der Waals surface area contributed by atoms with Crippen LogP contribution in [0.1, 0.15) is 66.7 Å². The molecule has 0 spiro atoms. The monoisotopic (exact) mass is 407 g/mol. The van der Waals surface area contributed by atoms with E-state index in [1.165, 1.54) is 12.8 Å². The second kappa shape index (κ2) is 9.95. The summed E-state index contributed by atoms with van der Waals surface area (Å²) >= 11 is 1.13. The van der Waals surface area contributed by atoms with Crippen molar-refractivity contribution in [3.05, 3.63) is 10.6 Å². The van der Waals surface area contributed by atoms with Crippen molar-refractivity contribution >= 4 is 29.3 Å². The van der Waals surface area contributed by atoms with Crippen molar-refractivity contribution in [2.24, 2.45) is 5.92 Å². The largest absolute Gasteiger partial charge is 0.348 e. The van der Waals surface area contributed by atoms with Gasteiger partial charge in [-0.15, -0.1) is 5.10 Å². The molecule has 1 saturated carbocycles. The number of nitrogens with zero attached hydrogens (tertiary/aromatic N) is 3. The van der Waals surface area contributed by atoms with Gasteiger partial charge in [0.25, 0.3) is 5.91 Å². The smallest absolute Gasteiger partial charge is 0.309 e. The van der Waals surface area contributed by atoms with Gasteiger partial charge in [0.1, 0.15) is 4.88 Å². The number of hydrogen-bond acceptors (Lipinski definition) is 6. The minimum atomic E-state index is -0.547. The van der Waals surface area contributed by atoms with Crippen LogP contribution in [0.2, 0.25) is 0 Å². The predicted octanol–water partition coefficient (Wildman–Crippen LogP) is 1.65. The maximum Gasteiger partial charge on any atom is 0.309 e. The summed E-state index contributed by atoms with van der Waals surface area (Å²) in [4.78, 5) is 39.1. The summed E-state index contributed by atoms with van der Waals surface area (Å²) in [6.07, 6.45) is 8.17. The molecule has 0 bridgehead atoms. The maximum atomic E-state index is 12.5. The highest BCUT2D eigenvalue weighted by atomic mass is 32.1. The highest BCUT2D eigenvalue weighted by Gasteiger charge is 2.27. The molecule has 0 atom stereocenters. The molecule has 9 heteroatoms. The van der Waals surface area contributed by atoms with Crippen molar-refractivity contribution in [1.29, 1.82) is 0 Å². The number of amides is 3. The van der Waals surface area contributed by atoms with Crippen LogP contribution in [0.3, 0.4) is 0 Å². The molecular formula is C19H29N5O3S. The van der Waals surface area contributed by atoms with Crippen molar-refractivity contribution in [2.75, 3.05) is 19.6 Å². The van der Waals surface area contributed by atoms with Gasteiger partial charge in [0.2, 0.25) is 0 Å². The van der Waals surface area contributed by atoms with Crippen LogP contribution in [0.4, 0.5) is 0 Å². The minimum absolute atomic E-state index is 0.0160. The average molecular weight is 408 g/mol. The summed E-state index contributed by atoms with van der Waals surface area (Å²) in [6, 6.07) is 0.125. The average Bonchev–Trinajstić information content (AvgIpc) is 2.97. The Kier molecular flexibility index (Phi) is 7.36. The molecule has 2 aliphatic rings. The molecule has 3 amide bonds. The predicted molar refractivity (Wildman–Crippen MR) is 106 cm³/mol. The van der Waals surface area contributed by atoms with Crippen LogP contribution in [0.15, 0.2) is 0 Å². The Morgan fingerprint density at radius 2 is 1.71 bits per heavy atom. The Hall–Kier alpha value is -2.03. The quantitative estimate of drug-likeness (QED) is 0.583. The molecular weight excluding hydrogens is 378 g/mol. The van der Waals surface area contributed by atoms with E-state index in [1.54, 1.807) is 6.92 Å². The Balaban J connectivity index is 1.37. The third kappa shape index (κ3) is 5.50. The first-order chi connectivity index (χ1) is 13.5. The van der Waals surface area contributed by atoms with Crippen LogP contribution < -0.4 is 10.6 Å². The molecule has 2 fully saturated rings. The third-order valence-electron chi connectivity index (χ3n) is 5.70. The Morgan fingerprint density at radius 1 is 1.04 bits per heavy atom. The fourth-order valence-corrected chi connectivity index (χ4v) is 4.53. The van der Waals surface area contributed by atoms with Gasteiger partial charge in [-0.2, -0.15) is 0 Å². The molecule has 0 unspecified atom stereocenters. The SMILES string of the molecule is Cc1nnsc1C(=O)N1CCC(CNC(=O)C(=O)NC2CCCCCC2)CC1. The zero-order valence-electron chi connectivity index (χ0n) is 16.4. The second-order valence-electron chi connectivity index (χ2n) is 7.80. The van der Waals surface area contributed by atoms with E-state index >= 15 is 0 Å². The first-order valence-electron chi connectivity index (χ1n) is 10.2. The molecule has 8 nitrogen and oxygen atoms in total. The van der Waals surface area contributed by atoms with Gasteiger partial charge in [-0.1, -0.05) is 30.2 Å². The van der Waals surface area contributed by atoms with E-state index in [1.807, 2.05) is 4.90 Å². The van der Waals surface area contributed by atoms with Gasteiger partial charge in [0.15, 0.2) is 0 Å². The summed E-state index contributed by atoms with van der Waals surface area (Å²) in [5.41, 5.74) is 0.670. The molecule has 0 aromatic carbocycles. The van der Waals surface area contributed by atoms with Crippen LogP contribution in [-0.2, 0) is 9.59 Å². The molecule has 154 valence electrons. The number of likely N-dealkylation sites (tertiary alicyclic amines) is 1. The van der Waals surface area contributed by atoms with Crippen LogP contribution in [0.5, 0.6) is 0 Å². The van der Waals surface area contributed by atoms with Gasteiger partial charge in [-0.05, 0) is 50.1 Å². The van der Waals surface area contributed by atoms with E-state index in [-0.39, 0.29) is 17.9 Å². The fraction of sp³-hybridized carbons (Fsp3) is 0.737. The molecule has 28 heavy (non-hydrogen) atoms. The van der Waals surface area contributed by atoms with E-state index in [2.05, 4.69) is 20.2 Å². The van der Waals surface area contributed by atoms with Crippen molar-refractivity contribution < 1.29 is 14.4 Å². The van der Waals surface area contributed by atoms with Gasteiger partial charge in [-0.25, -0.2) is 0 Å². The molecule has 0 radical (unpaired) electrons. The molecule has 2 N–H and O–H groups in total. The number of nitrogens with one attached hydrogen (secondary N) is 2.